The molecule has 0 radical (unpaired) electrons. The second kappa shape index (κ2) is 10.1. The van der Waals surface area contributed by atoms with Crippen molar-refractivity contribution in [1.29, 1.82) is 0 Å². The van der Waals surface area contributed by atoms with E-state index in [2.05, 4.69) is 15.5 Å². The third-order valence-electron chi connectivity index (χ3n) is 4.45. The average Bonchev–Trinajstić information content (AvgIpc) is 3.20. The normalized spacial score (nSPS) is 11.6. The highest BCUT2D eigenvalue weighted by Crippen LogP contribution is 2.32. The standard InChI is InChI=1S/C22H24N4O4S/c1-14(27)13-23-21(28)15(2)31-22-25-24-20(16-6-5-7-19(12-16)30-4)26(22)17-8-10-18(29-3)11-9-17/h5-12,15H,13H2,1-4H3,(H,23,28)/t15-/m0/s1. The SMILES string of the molecule is COc1ccc(-n2c(S[C@@H](C)C(=O)NCC(C)=O)nnc2-c2cccc(OC)c2)cc1. The maximum atomic E-state index is 12.4. The number of Topliss-reactive ketones (excluding diaryl/α,β-unsaturated/α-hetero) is 1. The molecule has 0 fully saturated rings. The van der Waals surface area contributed by atoms with E-state index >= 15 is 0 Å². The number of thioether (sulfide) groups is 1. The van der Waals surface area contributed by atoms with Crippen molar-refractivity contribution in [1.82, 2.24) is 20.1 Å². The lowest BCUT2D eigenvalue weighted by Crippen LogP contribution is -2.34. The smallest absolute Gasteiger partial charge is 0.233 e. The van der Waals surface area contributed by atoms with Gasteiger partial charge in [0.1, 0.15) is 17.3 Å². The molecule has 0 aliphatic carbocycles. The number of carbonyl (C=O) groups is 2. The monoisotopic (exact) mass is 440 g/mol. The van der Waals surface area contributed by atoms with Crippen LogP contribution in [0, 0.1) is 0 Å². The number of nitrogens with zero attached hydrogens (tertiary/aromatic N) is 3. The van der Waals surface area contributed by atoms with Gasteiger partial charge >= 0.3 is 0 Å². The maximum Gasteiger partial charge on any atom is 0.233 e. The maximum absolute atomic E-state index is 12.4. The van der Waals surface area contributed by atoms with Gasteiger partial charge in [0.05, 0.1) is 26.0 Å². The summed E-state index contributed by atoms with van der Waals surface area (Å²) in [5.74, 6) is 1.70. The van der Waals surface area contributed by atoms with Crippen LogP contribution in [0.25, 0.3) is 17.1 Å². The first-order chi connectivity index (χ1) is 14.9. The zero-order valence-corrected chi connectivity index (χ0v) is 18.6. The Labute approximate surface area is 185 Å². The van der Waals surface area contributed by atoms with Gasteiger partial charge in [0, 0.05) is 11.3 Å². The lowest BCUT2D eigenvalue weighted by Gasteiger charge is -2.14. The summed E-state index contributed by atoms with van der Waals surface area (Å²) in [6.45, 7) is 3.20. The number of hydrogen-bond acceptors (Lipinski definition) is 7. The number of ether oxygens (including phenoxy) is 2. The van der Waals surface area contributed by atoms with Crippen molar-refractivity contribution in [3.8, 4) is 28.6 Å². The van der Waals surface area contributed by atoms with E-state index in [-0.39, 0.29) is 18.2 Å². The van der Waals surface area contributed by atoms with Crippen LogP contribution in [-0.2, 0) is 9.59 Å². The molecule has 8 nitrogen and oxygen atoms in total. The Balaban J connectivity index is 1.99. The van der Waals surface area contributed by atoms with Crippen molar-refractivity contribution in [3.63, 3.8) is 0 Å². The molecule has 162 valence electrons. The molecule has 0 unspecified atom stereocenters. The average molecular weight is 441 g/mol. The molecule has 2 aromatic carbocycles. The topological polar surface area (TPSA) is 95.3 Å². The zero-order valence-electron chi connectivity index (χ0n) is 17.8. The molecular formula is C22H24N4O4S. The van der Waals surface area contributed by atoms with Gasteiger partial charge in [-0.1, -0.05) is 23.9 Å². The fraction of sp³-hybridized carbons (Fsp3) is 0.273. The van der Waals surface area contributed by atoms with Gasteiger partial charge in [0.15, 0.2) is 11.0 Å². The molecule has 0 saturated carbocycles. The molecule has 31 heavy (non-hydrogen) atoms. The number of benzene rings is 2. The fourth-order valence-electron chi connectivity index (χ4n) is 2.83. The van der Waals surface area contributed by atoms with E-state index in [9.17, 15) is 9.59 Å². The Kier molecular flexibility index (Phi) is 7.30. The van der Waals surface area contributed by atoms with Gasteiger partial charge in [-0.15, -0.1) is 10.2 Å². The van der Waals surface area contributed by atoms with Crippen molar-refractivity contribution in [2.75, 3.05) is 20.8 Å². The van der Waals surface area contributed by atoms with Gasteiger partial charge < -0.3 is 14.8 Å². The third kappa shape index (κ3) is 5.43. The summed E-state index contributed by atoms with van der Waals surface area (Å²) in [7, 11) is 3.22. The molecule has 3 rings (SSSR count). The number of nitrogens with one attached hydrogen (secondary N) is 1. The van der Waals surface area contributed by atoms with Crippen molar-refractivity contribution in [2.45, 2.75) is 24.3 Å². The molecule has 0 aliphatic rings. The second-order valence-electron chi connectivity index (χ2n) is 6.75. The van der Waals surface area contributed by atoms with Crippen molar-refractivity contribution < 1.29 is 19.1 Å². The van der Waals surface area contributed by atoms with Gasteiger partial charge in [-0.25, -0.2) is 0 Å². The highest BCUT2D eigenvalue weighted by molar-refractivity contribution is 8.00. The molecule has 0 bridgehead atoms. The number of aromatic nitrogens is 3. The highest BCUT2D eigenvalue weighted by atomic mass is 32.2. The van der Waals surface area contributed by atoms with Crippen LogP contribution in [0.4, 0.5) is 0 Å². The number of methoxy groups -OCH3 is 2. The molecule has 0 saturated heterocycles. The van der Waals surface area contributed by atoms with Crippen LogP contribution >= 0.6 is 11.8 Å². The lowest BCUT2D eigenvalue weighted by molar-refractivity contribution is -0.123. The number of hydrogen-bond donors (Lipinski definition) is 1. The van der Waals surface area contributed by atoms with Crippen LogP contribution in [0.3, 0.4) is 0 Å². The second-order valence-corrected chi connectivity index (χ2v) is 8.06. The third-order valence-corrected chi connectivity index (χ3v) is 5.50. The summed E-state index contributed by atoms with van der Waals surface area (Å²) in [4.78, 5) is 23.5. The van der Waals surface area contributed by atoms with Crippen molar-refractivity contribution in [3.05, 3.63) is 48.5 Å². The first-order valence-electron chi connectivity index (χ1n) is 9.61. The number of ketones is 1. The summed E-state index contributed by atoms with van der Waals surface area (Å²) in [5.41, 5.74) is 1.64. The van der Waals surface area contributed by atoms with E-state index in [1.165, 1.54) is 18.7 Å². The Hall–Kier alpha value is -3.33. The van der Waals surface area contributed by atoms with Crippen LogP contribution in [0.15, 0.2) is 53.7 Å². The largest absolute Gasteiger partial charge is 0.497 e. The molecule has 0 aliphatic heterocycles. The molecule has 1 aromatic heterocycles. The summed E-state index contributed by atoms with van der Waals surface area (Å²) in [6.07, 6.45) is 0. The highest BCUT2D eigenvalue weighted by Gasteiger charge is 2.22. The first kappa shape index (κ1) is 22.4. The lowest BCUT2D eigenvalue weighted by atomic mass is 10.2. The van der Waals surface area contributed by atoms with E-state index < -0.39 is 5.25 Å². The quantitative estimate of drug-likeness (QED) is 0.511. The van der Waals surface area contributed by atoms with E-state index in [0.29, 0.717) is 16.7 Å². The number of amides is 1. The van der Waals surface area contributed by atoms with Crippen molar-refractivity contribution >= 4 is 23.5 Å². The molecule has 0 spiro atoms. The molecule has 1 atom stereocenters. The van der Waals surface area contributed by atoms with Crippen molar-refractivity contribution in [2.24, 2.45) is 0 Å². The predicted octanol–water partition coefficient (Wildman–Crippen LogP) is 3.14. The van der Waals surface area contributed by atoms with E-state index in [1.807, 2.05) is 53.1 Å². The van der Waals surface area contributed by atoms with Crippen LogP contribution < -0.4 is 14.8 Å². The fourth-order valence-corrected chi connectivity index (χ4v) is 3.72. The van der Waals surface area contributed by atoms with Crippen LogP contribution in [0.2, 0.25) is 0 Å². The Bertz CT molecular complexity index is 1070. The van der Waals surface area contributed by atoms with Crippen LogP contribution in [0.5, 0.6) is 11.5 Å². The predicted molar refractivity (Wildman–Crippen MR) is 119 cm³/mol. The van der Waals surface area contributed by atoms with Crippen LogP contribution in [0.1, 0.15) is 13.8 Å². The van der Waals surface area contributed by atoms with Gasteiger partial charge in [-0.05, 0) is 50.2 Å². The molecular weight excluding hydrogens is 416 g/mol. The Morgan fingerprint density at radius 2 is 1.77 bits per heavy atom. The molecule has 3 aromatic rings. The molecule has 1 N–H and O–H groups in total. The molecule has 1 heterocycles. The summed E-state index contributed by atoms with van der Waals surface area (Å²) in [6, 6.07) is 15.0. The Morgan fingerprint density at radius 1 is 1.06 bits per heavy atom. The van der Waals surface area contributed by atoms with Gasteiger partial charge in [0.25, 0.3) is 0 Å². The Morgan fingerprint density at radius 3 is 2.42 bits per heavy atom. The van der Waals surface area contributed by atoms with Crippen LogP contribution in [-0.4, -0.2) is 52.5 Å². The minimum Gasteiger partial charge on any atom is -0.497 e. The summed E-state index contributed by atoms with van der Waals surface area (Å²) < 4.78 is 12.5. The first-order valence-corrected chi connectivity index (χ1v) is 10.5. The van der Waals surface area contributed by atoms with E-state index in [1.54, 1.807) is 21.1 Å². The minimum absolute atomic E-state index is 0.00393. The molecule has 9 heteroatoms. The van der Waals surface area contributed by atoms with Gasteiger partial charge in [-0.2, -0.15) is 0 Å². The number of rotatable bonds is 9. The van der Waals surface area contributed by atoms with E-state index in [4.69, 9.17) is 9.47 Å². The van der Waals surface area contributed by atoms with E-state index in [0.717, 1.165) is 17.0 Å². The van der Waals surface area contributed by atoms with Gasteiger partial charge in [-0.3, -0.25) is 14.2 Å². The summed E-state index contributed by atoms with van der Waals surface area (Å²) in [5, 5.41) is 11.4. The minimum atomic E-state index is -0.473. The molecule has 1 amide bonds. The zero-order chi connectivity index (χ0) is 22.4. The number of carbonyl (C=O) groups excluding carboxylic acids is 2. The summed E-state index contributed by atoms with van der Waals surface area (Å²) >= 11 is 1.26. The van der Waals surface area contributed by atoms with Gasteiger partial charge in [0.2, 0.25) is 5.91 Å².